The van der Waals surface area contributed by atoms with Crippen LogP contribution in [-0.2, 0) is 6.42 Å². The van der Waals surface area contributed by atoms with Gasteiger partial charge in [0.05, 0.1) is 11.4 Å². The zero-order valence-electron chi connectivity index (χ0n) is 16.1. The number of nitrogens with one attached hydrogen (secondary N) is 1. The van der Waals surface area contributed by atoms with Crippen molar-refractivity contribution in [3.05, 3.63) is 88.9 Å². The molecule has 0 radical (unpaired) electrons. The molecule has 3 aromatic rings. The van der Waals surface area contributed by atoms with Crippen molar-refractivity contribution in [1.82, 2.24) is 9.97 Å². The third kappa shape index (κ3) is 3.39. The van der Waals surface area contributed by atoms with Crippen LogP contribution in [0.5, 0.6) is 0 Å². The summed E-state index contributed by atoms with van der Waals surface area (Å²) in [5.41, 5.74) is 14.2. The summed E-state index contributed by atoms with van der Waals surface area (Å²) in [4.78, 5) is 13.9. The van der Waals surface area contributed by atoms with Gasteiger partial charge in [-0.2, -0.15) is 0 Å². The maximum absolute atomic E-state index is 6.48. The first kappa shape index (κ1) is 17.9. The zero-order valence-corrected chi connectivity index (χ0v) is 16.1. The van der Waals surface area contributed by atoms with Gasteiger partial charge in [-0.25, -0.2) is 9.97 Å². The van der Waals surface area contributed by atoms with Crippen molar-refractivity contribution in [3.63, 3.8) is 0 Å². The van der Waals surface area contributed by atoms with Gasteiger partial charge < -0.3 is 11.1 Å². The van der Waals surface area contributed by atoms with E-state index in [-0.39, 0.29) is 0 Å². The van der Waals surface area contributed by atoms with Gasteiger partial charge in [0.2, 0.25) is 5.95 Å². The first-order valence-corrected chi connectivity index (χ1v) is 9.37. The lowest BCUT2D eigenvalue weighted by Gasteiger charge is -2.23. The molecule has 1 heterocycles. The fourth-order valence-corrected chi connectivity index (χ4v) is 3.53. The Labute approximate surface area is 165 Å². The normalized spacial score (nSPS) is 14.0. The van der Waals surface area contributed by atoms with Crippen molar-refractivity contribution in [2.45, 2.75) is 19.8 Å². The van der Waals surface area contributed by atoms with Crippen LogP contribution in [0.2, 0.25) is 0 Å². The molecular weight excluding hydrogens is 346 g/mol. The predicted octanol–water partition coefficient (Wildman–Crippen LogP) is 4.26. The number of anilines is 2. The number of rotatable bonds is 4. The fraction of sp³-hybridized carbons (Fsp3) is 0.174. The number of para-hydroxylation sites is 1. The van der Waals surface area contributed by atoms with Crippen LogP contribution in [0.25, 0.3) is 5.57 Å². The van der Waals surface area contributed by atoms with E-state index in [4.69, 9.17) is 10.7 Å². The summed E-state index contributed by atoms with van der Waals surface area (Å²) in [7, 11) is 1.81. The fourth-order valence-electron chi connectivity index (χ4n) is 3.53. The molecule has 2 aromatic carbocycles. The summed E-state index contributed by atoms with van der Waals surface area (Å²) < 4.78 is 0. The lowest BCUT2D eigenvalue weighted by atomic mass is 9.87. The lowest BCUT2D eigenvalue weighted by molar-refractivity contribution is 0.880. The van der Waals surface area contributed by atoms with Crippen molar-refractivity contribution < 1.29 is 0 Å². The van der Waals surface area contributed by atoms with Gasteiger partial charge in [0.25, 0.3) is 0 Å². The number of aliphatic imine (C=N–C) groups is 1. The molecule has 1 aromatic heterocycles. The van der Waals surface area contributed by atoms with Crippen molar-refractivity contribution in [1.29, 1.82) is 0 Å². The maximum atomic E-state index is 6.48. The number of hydrogen-bond donors (Lipinski definition) is 2. The molecule has 0 unspecified atom stereocenters. The molecule has 0 bridgehead atoms. The Morgan fingerprint density at radius 3 is 2.54 bits per heavy atom. The highest BCUT2D eigenvalue weighted by Crippen LogP contribution is 2.32. The van der Waals surface area contributed by atoms with Gasteiger partial charge in [0, 0.05) is 35.8 Å². The summed E-state index contributed by atoms with van der Waals surface area (Å²) in [5, 5.41) is 3.27. The van der Waals surface area contributed by atoms with Crippen LogP contribution in [0.4, 0.5) is 11.6 Å². The molecule has 0 saturated carbocycles. The number of aromatic nitrogens is 2. The largest absolute Gasteiger partial charge is 0.401 e. The number of fused-ring (bicyclic) bond motifs is 1. The van der Waals surface area contributed by atoms with Crippen LogP contribution >= 0.6 is 0 Å². The third-order valence-electron chi connectivity index (χ3n) is 4.98. The van der Waals surface area contributed by atoms with Gasteiger partial charge in [-0.05, 0) is 43.0 Å². The number of nitrogens with zero attached hydrogens (tertiary/aromatic N) is 3. The summed E-state index contributed by atoms with van der Waals surface area (Å²) in [5.74, 6) is 0.553. The molecule has 0 saturated heterocycles. The van der Waals surface area contributed by atoms with Crippen LogP contribution in [0.3, 0.4) is 0 Å². The lowest BCUT2D eigenvalue weighted by Crippen LogP contribution is -2.20. The van der Waals surface area contributed by atoms with Crippen LogP contribution in [0.1, 0.15) is 28.8 Å². The summed E-state index contributed by atoms with van der Waals surface area (Å²) in [6.45, 7) is 2.09. The second kappa shape index (κ2) is 7.64. The maximum Gasteiger partial charge on any atom is 0.227 e. The Morgan fingerprint density at radius 2 is 1.79 bits per heavy atom. The molecule has 1 aliphatic rings. The second-order valence-electron chi connectivity index (χ2n) is 6.85. The minimum atomic E-state index is 0.553. The van der Waals surface area contributed by atoms with Crippen LogP contribution in [0, 0.1) is 6.92 Å². The molecule has 5 heteroatoms. The monoisotopic (exact) mass is 369 g/mol. The van der Waals surface area contributed by atoms with E-state index in [9.17, 15) is 0 Å². The van der Waals surface area contributed by atoms with Gasteiger partial charge in [0.1, 0.15) is 0 Å². The first-order chi connectivity index (χ1) is 13.7. The molecule has 0 aliphatic heterocycles. The molecule has 140 valence electrons. The van der Waals surface area contributed by atoms with Gasteiger partial charge >= 0.3 is 0 Å². The van der Waals surface area contributed by atoms with Crippen LogP contribution < -0.4 is 11.1 Å². The molecule has 0 spiro atoms. The molecule has 0 atom stereocenters. The molecule has 5 nitrogen and oxygen atoms in total. The van der Waals surface area contributed by atoms with E-state index in [1.54, 1.807) is 7.05 Å². The topological polar surface area (TPSA) is 76.2 Å². The minimum absolute atomic E-state index is 0.553. The smallest absolute Gasteiger partial charge is 0.227 e. The van der Waals surface area contributed by atoms with Crippen LogP contribution in [-0.4, -0.2) is 22.7 Å². The first-order valence-electron chi connectivity index (χ1n) is 9.37. The Hall–Kier alpha value is -3.47. The van der Waals surface area contributed by atoms with E-state index in [1.807, 2.05) is 48.7 Å². The summed E-state index contributed by atoms with van der Waals surface area (Å²) in [6, 6.07) is 18.1. The highest BCUT2D eigenvalue weighted by Gasteiger charge is 2.25. The van der Waals surface area contributed by atoms with Crippen LogP contribution in [0.15, 0.2) is 71.5 Å². The van der Waals surface area contributed by atoms with E-state index in [2.05, 4.69) is 34.3 Å². The van der Waals surface area contributed by atoms with Gasteiger partial charge in [-0.15, -0.1) is 0 Å². The van der Waals surface area contributed by atoms with Gasteiger partial charge in [0.15, 0.2) is 0 Å². The molecule has 3 N–H and O–H groups in total. The average molecular weight is 369 g/mol. The Balaban J connectivity index is 1.79. The Kier molecular flexibility index (Phi) is 4.89. The molecule has 0 amide bonds. The number of benzene rings is 2. The van der Waals surface area contributed by atoms with Gasteiger partial charge in [-0.1, -0.05) is 42.5 Å². The highest BCUT2D eigenvalue weighted by molar-refractivity contribution is 6.32. The van der Waals surface area contributed by atoms with E-state index in [1.165, 1.54) is 0 Å². The molecular formula is C23H23N5. The number of allylic oxidation sites excluding steroid dienone is 2. The van der Waals surface area contributed by atoms with Gasteiger partial charge in [-0.3, -0.25) is 4.99 Å². The number of nitrogens with two attached hydrogens (primary N) is 1. The Morgan fingerprint density at radius 1 is 1.04 bits per heavy atom. The van der Waals surface area contributed by atoms with E-state index >= 15 is 0 Å². The Bertz CT molecular complexity index is 1070. The summed E-state index contributed by atoms with van der Waals surface area (Å²) >= 11 is 0. The second-order valence-corrected chi connectivity index (χ2v) is 6.85. The van der Waals surface area contributed by atoms with Crippen molar-refractivity contribution >= 4 is 22.9 Å². The zero-order chi connectivity index (χ0) is 19.5. The highest BCUT2D eigenvalue weighted by atomic mass is 15.1. The average Bonchev–Trinajstić information content (AvgIpc) is 2.72. The van der Waals surface area contributed by atoms with Crippen molar-refractivity contribution in [2.24, 2.45) is 10.7 Å². The molecule has 1 aliphatic carbocycles. The SMILES string of the molecule is CN=C(C1=C(N)CCc2cnc(Nc3ccccc3)nc21)c1ccccc1C. The van der Waals surface area contributed by atoms with Crippen molar-refractivity contribution in [3.8, 4) is 0 Å². The quantitative estimate of drug-likeness (QED) is 0.674. The molecule has 0 fully saturated rings. The molecule has 4 rings (SSSR count). The minimum Gasteiger partial charge on any atom is -0.401 e. The molecule has 28 heavy (non-hydrogen) atoms. The predicted molar refractivity (Wildman–Crippen MR) is 115 cm³/mol. The van der Waals surface area contributed by atoms with E-state index in [0.717, 1.165) is 57.9 Å². The number of hydrogen-bond acceptors (Lipinski definition) is 5. The third-order valence-corrected chi connectivity index (χ3v) is 4.98. The van der Waals surface area contributed by atoms with E-state index < -0.39 is 0 Å². The van der Waals surface area contributed by atoms with Crippen molar-refractivity contribution in [2.75, 3.05) is 12.4 Å². The standard InChI is InChI=1S/C23H23N5/c1-15-8-6-7-11-18(15)22(25-2)20-19(24)13-12-16-14-26-23(28-21(16)20)27-17-9-4-3-5-10-17/h3-11,14H,12-13,24H2,1-2H3,(H,26,27,28). The number of aryl methyl sites for hydroxylation is 2. The van der Waals surface area contributed by atoms with E-state index in [0.29, 0.717) is 5.95 Å². The summed E-state index contributed by atoms with van der Waals surface area (Å²) in [6.07, 6.45) is 3.51.